The third-order valence-corrected chi connectivity index (χ3v) is 6.94. The molecule has 4 heterocycles. The molecule has 2 aliphatic heterocycles. The minimum Gasteiger partial charge on any atom is -0.368 e. The second-order valence-corrected chi connectivity index (χ2v) is 8.81. The number of carbonyl (C=O) groups is 1. The molecule has 0 atom stereocenters. The van der Waals surface area contributed by atoms with E-state index in [0.29, 0.717) is 26.1 Å². The van der Waals surface area contributed by atoms with Gasteiger partial charge in [0.25, 0.3) is 0 Å². The minimum absolute atomic E-state index is 0.129. The highest BCUT2D eigenvalue weighted by atomic mass is 32.1. The van der Waals surface area contributed by atoms with Gasteiger partial charge in [0.15, 0.2) is 0 Å². The first kappa shape index (κ1) is 19.3. The number of carbonyl (C=O) groups excluding carboxylic acids is 1. The number of nitrogens with zero attached hydrogens (tertiary/aromatic N) is 4. The quantitative estimate of drug-likeness (QED) is 0.648. The Morgan fingerprint density at radius 2 is 2.00 bits per heavy atom. The predicted molar refractivity (Wildman–Crippen MR) is 115 cm³/mol. The summed E-state index contributed by atoms with van der Waals surface area (Å²) < 4.78 is 6.25. The molecule has 0 aliphatic carbocycles. The van der Waals surface area contributed by atoms with Crippen LogP contribution in [0.4, 0.5) is 0 Å². The maximum Gasteiger partial charge on any atom is 0.228 e. The zero-order valence-electron chi connectivity index (χ0n) is 17.0. The molecule has 3 aromatic rings. The van der Waals surface area contributed by atoms with Crippen LogP contribution in [0.5, 0.6) is 0 Å². The number of likely N-dealkylation sites (tertiary alicyclic amines) is 1. The van der Waals surface area contributed by atoms with Gasteiger partial charge in [-0.05, 0) is 31.7 Å². The number of thiazole rings is 1. The molecular weight excluding hydrogens is 396 g/mol. The Hall–Kier alpha value is -2.64. The van der Waals surface area contributed by atoms with Crippen molar-refractivity contribution in [1.82, 2.24) is 19.9 Å². The Morgan fingerprint density at radius 3 is 2.80 bits per heavy atom. The monoisotopic (exact) mass is 420 g/mol. The minimum atomic E-state index is -0.376. The lowest BCUT2D eigenvalue weighted by Crippen LogP contribution is -2.49. The molecule has 1 aromatic carbocycles. The number of fused-ring (bicyclic) bond motifs is 2. The van der Waals surface area contributed by atoms with Gasteiger partial charge in [-0.2, -0.15) is 0 Å². The van der Waals surface area contributed by atoms with E-state index in [-0.39, 0.29) is 11.5 Å². The highest BCUT2D eigenvalue weighted by molar-refractivity contribution is 7.13. The number of benzene rings is 1. The van der Waals surface area contributed by atoms with Gasteiger partial charge >= 0.3 is 0 Å². The number of rotatable bonds is 3. The molecule has 2 aliphatic rings. The molecule has 0 N–H and O–H groups in total. The van der Waals surface area contributed by atoms with Crippen LogP contribution in [0.3, 0.4) is 0 Å². The third kappa shape index (κ3) is 3.63. The molecule has 7 heteroatoms. The summed E-state index contributed by atoms with van der Waals surface area (Å²) in [4.78, 5) is 28.6. The van der Waals surface area contributed by atoms with Crippen molar-refractivity contribution in [3.8, 4) is 10.6 Å². The fourth-order valence-electron chi connectivity index (χ4n) is 4.36. The maximum absolute atomic E-state index is 12.9. The van der Waals surface area contributed by atoms with Crippen molar-refractivity contribution in [2.75, 3.05) is 19.7 Å². The van der Waals surface area contributed by atoms with E-state index in [9.17, 15) is 4.79 Å². The Labute approximate surface area is 180 Å². The smallest absolute Gasteiger partial charge is 0.228 e. The molecule has 1 spiro atoms. The maximum atomic E-state index is 12.9. The van der Waals surface area contributed by atoms with Crippen LogP contribution in [0.2, 0.25) is 0 Å². The van der Waals surface area contributed by atoms with Gasteiger partial charge in [-0.3, -0.25) is 4.79 Å². The molecule has 1 amide bonds. The molecule has 0 saturated carbocycles. The van der Waals surface area contributed by atoms with E-state index >= 15 is 0 Å². The third-order valence-electron chi connectivity index (χ3n) is 5.99. The Bertz CT molecular complexity index is 1060. The fourth-order valence-corrected chi connectivity index (χ4v) is 5.19. The Morgan fingerprint density at radius 1 is 1.20 bits per heavy atom. The number of hydrogen-bond acceptors (Lipinski definition) is 6. The highest BCUT2D eigenvalue weighted by Crippen LogP contribution is 2.40. The number of aryl methyl sites for hydroxylation is 1. The molecule has 154 valence electrons. The van der Waals surface area contributed by atoms with Gasteiger partial charge in [-0.25, -0.2) is 15.0 Å². The zero-order valence-corrected chi connectivity index (χ0v) is 17.8. The van der Waals surface area contributed by atoms with Crippen LogP contribution in [-0.2, 0) is 28.0 Å². The van der Waals surface area contributed by atoms with E-state index in [1.54, 1.807) is 11.3 Å². The Balaban J connectivity index is 1.25. The molecule has 30 heavy (non-hydrogen) atoms. The van der Waals surface area contributed by atoms with Crippen molar-refractivity contribution in [1.29, 1.82) is 0 Å². The SMILES string of the molecule is Cc1ncc2c(n1)C1(CCN(C(=O)Cc3csc(-c4ccccc4)n3)CC1)OCC2. The van der Waals surface area contributed by atoms with Crippen LogP contribution in [0.25, 0.3) is 10.6 Å². The van der Waals surface area contributed by atoms with E-state index in [0.717, 1.165) is 47.0 Å². The number of hydrogen-bond donors (Lipinski definition) is 0. The van der Waals surface area contributed by atoms with Gasteiger partial charge in [0.1, 0.15) is 16.4 Å². The molecule has 0 unspecified atom stereocenters. The first-order valence-electron chi connectivity index (χ1n) is 10.4. The average molecular weight is 421 g/mol. The summed E-state index contributed by atoms with van der Waals surface area (Å²) in [5.74, 6) is 0.902. The second kappa shape index (κ2) is 7.89. The van der Waals surface area contributed by atoms with Crippen molar-refractivity contribution in [3.05, 3.63) is 64.7 Å². The van der Waals surface area contributed by atoms with Crippen LogP contribution >= 0.6 is 11.3 Å². The molecule has 2 aromatic heterocycles. The van der Waals surface area contributed by atoms with Crippen LogP contribution < -0.4 is 0 Å². The summed E-state index contributed by atoms with van der Waals surface area (Å²) in [6, 6.07) is 10.1. The molecular formula is C23H24N4O2S. The van der Waals surface area contributed by atoms with Crippen molar-refractivity contribution in [2.45, 2.75) is 38.2 Å². The molecule has 1 saturated heterocycles. The summed E-state index contributed by atoms with van der Waals surface area (Å²) in [6.45, 7) is 3.96. The van der Waals surface area contributed by atoms with Crippen molar-refractivity contribution >= 4 is 17.2 Å². The van der Waals surface area contributed by atoms with Gasteiger partial charge < -0.3 is 9.64 Å². The second-order valence-electron chi connectivity index (χ2n) is 7.95. The zero-order chi connectivity index (χ0) is 20.6. The van der Waals surface area contributed by atoms with E-state index in [4.69, 9.17) is 9.72 Å². The topological polar surface area (TPSA) is 68.2 Å². The number of amides is 1. The fraction of sp³-hybridized carbons (Fsp3) is 0.391. The predicted octanol–water partition coefficient (Wildman–Crippen LogP) is 3.54. The summed E-state index contributed by atoms with van der Waals surface area (Å²) in [7, 11) is 0. The van der Waals surface area contributed by atoms with Gasteiger partial charge in [0.2, 0.25) is 5.91 Å². The lowest BCUT2D eigenvalue weighted by atomic mass is 9.83. The normalized spacial score (nSPS) is 17.7. The first-order chi connectivity index (χ1) is 14.6. The standard InChI is InChI=1S/C23H24N4O2S/c1-16-24-14-18-7-12-29-23(21(18)25-16)8-10-27(11-9-23)20(28)13-19-15-30-22(26-19)17-5-3-2-4-6-17/h2-6,14-15H,7-13H2,1H3. The van der Waals surface area contributed by atoms with Gasteiger partial charge in [-0.1, -0.05) is 30.3 Å². The van der Waals surface area contributed by atoms with Crippen molar-refractivity contribution in [2.24, 2.45) is 0 Å². The van der Waals surface area contributed by atoms with Crippen molar-refractivity contribution < 1.29 is 9.53 Å². The van der Waals surface area contributed by atoms with E-state index in [1.165, 1.54) is 5.56 Å². The number of ether oxygens (including phenoxy) is 1. The average Bonchev–Trinajstić information content (AvgIpc) is 3.24. The number of aromatic nitrogens is 3. The van der Waals surface area contributed by atoms with E-state index in [2.05, 4.69) is 9.97 Å². The molecule has 5 rings (SSSR count). The van der Waals surface area contributed by atoms with Crippen LogP contribution in [-0.4, -0.2) is 45.5 Å². The lowest BCUT2D eigenvalue weighted by molar-refractivity contribution is -0.140. The molecule has 0 radical (unpaired) electrons. The molecule has 6 nitrogen and oxygen atoms in total. The van der Waals surface area contributed by atoms with Crippen LogP contribution in [0, 0.1) is 6.92 Å². The van der Waals surface area contributed by atoms with E-state index < -0.39 is 0 Å². The van der Waals surface area contributed by atoms with E-state index in [1.807, 2.05) is 53.7 Å². The van der Waals surface area contributed by atoms with Crippen molar-refractivity contribution in [3.63, 3.8) is 0 Å². The van der Waals surface area contributed by atoms with Gasteiger partial charge in [-0.15, -0.1) is 11.3 Å². The lowest BCUT2D eigenvalue weighted by Gasteiger charge is -2.44. The van der Waals surface area contributed by atoms with Gasteiger partial charge in [0, 0.05) is 30.2 Å². The largest absolute Gasteiger partial charge is 0.368 e. The van der Waals surface area contributed by atoms with Crippen LogP contribution in [0.15, 0.2) is 41.9 Å². The first-order valence-corrected chi connectivity index (χ1v) is 11.3. The molecule has 1 fully saturated rings. The summed E-state index contributed by atoms with van der Waals surface area (Å²) in [5.41, 5.74) is 3.76. The number of piperidine rings is 1. The Kier molecular flexibility index (Phi) is 5.08. The van der Waals surface area contributed by atoms with Crippen LogP contribution in [0.1, 0.15) is 35.6 Å². The van der Waals surface area contributed by atoms with Gasteiger partial charge in [0.05, 0.1) is 24.4 Å². The summed E-state index contributed by atoms with van der Waals surface area (Å²) in [5, 5.41) is 2.95. The molecule has 0 bridgehead atoms. The highest BCUT2D eigenvalue weighted by Gasteiger charge is 2.43. The summed E-state index contributed by atoms with van der Waals surface area (Å²) >= 11 is 1.59. The summed E-state index contributed by atoms with van der Waals surface area (Å²) in [6.07, 6.45) is 4.68.